The molecule has 1 aromatic heterocycles. The van der Waals surface area contributed by atoms with Crippen LogP contribution in [0.25, 0.3) is 0 Å². The number of ether oxygens (including phenoxy) is 2. The largest absolute Gasteiger partial charge is 0.457 e. The third-order valence-electron chi connectivity index (χ3n) is 6.12. The maximum Gasteiger partial charge on any atom is 0.254 e. The molecular formula is C29H32N4O4. The molecule has 1 aliphatic heterocycles. The number of amides is 2. The third-order valence-corrected chi connectivity index (χ3v) is 6.12. The van der Waals surface area contributed by atoms with E-state index in [0.717, 1.165) is 30.8 Å². The molecule has 0 spiro atoms. The molecule has 1 fully saturated rings. The molecule has 2 aromatic carbocycles. The average Bonchev–Trinajstić information content (AvgIpc) is 2.90. The van der Waals surface area contributed by atoms with Crippen molar-refractivity contribution >= 4 is 11.8 Å². The van der Waals surface area contributed by atoms with Gasteiger partial charge in [0.15, 0.2) is 0 Å². The predicted octanol–water partition coefficient (Wildman–Crippen LogP) is 4.59. The molecule has 0 saturated carbocycles. The van der Waals surface area contributed by atoms with Gasteiger partial charge in [0, 0.05) is 37.3 Å². The molecule has 2 amide bonds. The molecule has 1 saturated heterocycles. The number of primary amides is 1. The van der Waals surface area contributed by atoms with Gasteiger partial charge in [-0.2, -0.15) is 0 Å². The van der Waals surface area contributed by atoms with Gasteiger partial charge in [-0.25, -0.2) is 4.98 Å². The van der Waals surface area contributed by atoms with Crippen molar-refractivity contribution in [2.75, 3.05) is 33.7 Å². The Bertz CT molecular complexity index is 1230. The zero-order chi connectivity index (χ0) is 26.2. The summed E-state index contributed by atoms with van der Waals surface area (Å²) in [7, 11) is 3.93. The second-order valence-corrected chi connectivity index (χ2v) is 9.21. The van der Waals surface area contributed by atoms with Crippen LogP contribution in [0.3, 0.4) is 0 Å². The van der Waals surface area contributed by atoms with E-state index in [0.29, 0.717) is 24.6 Å². The van der Waals surface area contributed by atoms with Crippen LogP contribution in [-0.2, 0) is 4.79 Å². The highest BCUT2D eigenvalue weighted by atomic mass is 16.5. The Morgan fingerprint density at radius 3 is 2.19 bits per heavy atom. The van der Waals surface area contributed by atoms with E-state index in [9.17, 15) is 9.59 Å². The minimum Gasteiger partial charge on any atom is -0.457 e. The van der Waals surface area contributed by atoms with Gasteiger partial charge in [0.1, 0.15) is 22.8 Å². The number of para-hydroxylation sites is 1. The van der Waals surface area contributed by atoms with Gasteiger partial charge >= 0.3 is 0 Å². The molecular weight excluding hydrogens is 468 g/mol. The Balaban J connectivity index is 1.42. The van der Waals surface area contributed by atoms with Crippen molar-refractivity contribution in [3.8, 4) is 23.1 Å². The van der Waals surface area contributed by atoms with Crippen LogP contribution in [0, 0.1) is 0 Å². The summed E-state index contributed by atoms with van der Waals surface area (Å²) in [5, 5.41) is 0. The monoisotopic (exact) mass is 500 g/mol. The Morgan fingerprint density at radius 2 is 1.57 bits per heavy atom. The molecule has 0 aliphatic carbocycles. The van der Waals surface area contributed by atoms with Gasteiger partial charge in [0.05, 0.1) is 0 Å². The zero-order valence-electron chi connectivity index (χ0n) is 21.2. The van der Waals surface area contributed by atoms with Gasteiger partial charge in [-0.05, 0) is 75.5 Å². The van der Waals surface area contributed by atoms with Gasteiger partial charge in [-0.15, -0.1) is 0 Å². The van der Waals surface area contributed by atoms with E-state index in [4.69, 9.17) is 15.2 Å². The molecule has 4 rings (SSSR count). The molecule has 2 heterocycles. The summed E-state index contributed by atoms with van der Waals surface area (Å²) in [5.41, 5.74) is 6.62. The summed E-state index contributed by atoms with van der Waals surface area (Å²) in [6, 6.07) is 20.1. The van der Waals surface area contributed by atoms with E-state index in [-0.39, 0.29) is 23.3 Å². The molecule has 0 atom stereocenters. The van der Waals surface area contributed by atoms with Crippen molar-refractivity contribution in [2.45, 2.75) is 18.8 Å². The number of rotatable bonds is 9. The SMILES string of the molecule is CN(C)C/C=C/C(=O)N1CCC(c2ccc(C(N)=O)c(Oc3ccc(Oc4ccccc4)cc3)n2)CC1. The highest BCUT2D eigenvalue weighted by molar-refractivity contribution is 5.95. The first-order chi connectivity index (χ1) is 17.9. The third kappa shape index (κ3) is 7.17. The molecule has 37 heavy (non-hydrogen) atoms. The lowest BCUT2D eigenvalue weighted by Gasteiger charge is -2.31. The minimum absolute atomic E-state index is 0.0287. The minimum atomic E-state index is -0.608. The molecule has 3 aromatic rings. The van der Waals surface area contributed by atoms with E-state index < -0.39 is 5.91 Å². The fourth-order valence-electron chi connectivity index (χ4n) is 4.12. The Labute approximate surface area is 217 Å². The van der Waals surface area contributed by atoms with E-state index in [1.165, 1.54) is 0 Å². The summed E-state index contributed by atoms with van der Waals surface area (Å²) >= 11 is 0. The van der Waals surface area contributed by atoms with Crippen molar-refractivity contribution in [1.82, 2.24) is 14.8 Å². The van der Waals surface area contributed by atoms with Crippen LogP contribution in [0.4, 0.5) is 0 Å². The van der Waals surface area contributed by atoms with Crippen molar-refractivity contribution < 1.29 is 19.1 Å². The summed E-state index contributed by atoms with van der Waals surface area (Å²) in [4.78, 5) is 33.0. The standard InChI is InChI=1S/C29H32N4O4/c1-32(2)18-6-9-27(34)33-19-16-21(17-20-33)26-15-14-25(28(30)35)29(31-26)37-24-12-10-23(11-13-24)36-22-7-4-3-5-8-22/h3-15,21H,16-20H2,1-2H3,(H2,30,35)/b9-6+. The number of aromatic nitrogens is 1. The zero-order valence-corrected chi connectivity index (χ0v) is 21.2. The second kappa shape index (κ2) is 12.2. The summed E-state index contributed by atoms with van der Waals surface area (Å²) in [6.07, 6.45) is 5.08. The van der Waals surface area contributed by atoms with Gasteiger partial charge in [-0.3, -0.25) is 9.59 Å². The van der Waals surface area contributed by atoms with Crippen LogP contribution in [0.1, 0.15) is 34.8 Å². The molecule has 0 unspecified atom stereocenters. The van der Waals surface area contributed by atoms with Crippen molar-refractivity contribution in [2.24, 2.45) is 5.73 Å². The maximum absolute atomic E-state index is 12.5. The van der Waals surface area contributed by atoms with Crippen molar-refractivity contribution in [1.29, 1.82) is 0 Å². The Kier molecular flexibility index (Phi) is 8.53. The first-order valence-corrected chi connectivity index (χ1v) is 12.3. The number of piperidine rings is 1. The summed E-state index contributed by atoms with van der Waals surface area (Å²) in [5.74, 6) is 1.65. The van der Waals surface area contributed by atoms with E-state index >= 15 is 0 Å². The van der Waals surface area contributed by atoms with Gasteiger partial charge in [0.2, 0.25) is 11.8 Å². The van der Waals surface area contributed by atoms with Crippen molar-refractivity contribution in [3.63, 3.8) is 0 Å². The fraction of sp³-hybridized carbons (Fsp3) is 0.276. The molecule has 8 heteroatoms. The number of likely N-dealkylation sites (N-methyl/N-ethyl adjacent to an activating group) is 1. The number of hydrogen-bond acceptors (Lipinski definition) is 6. The number of carbonyl (C=O) groups is 2. The fourth-order valence-corrected chi connectivity index (χ4v) is 4.12. The highest BCUT2D eigenvalue weighted by Crippen LogP contribution is 2.32. The lowest BCUT2D eigenvalue weighted by molar-refractivity contribution is -0.127. The quantitative estimate of drug-likeness (QED) is 0.432. The maximum atomic E-state index is 12.5. The molecule has 2 N–H and O–H groups in total. The molecule has 8 nitrogen and oxygen atoms in total. The molecule has 0 radical (unpaired) electrons. The first-order valence-electron chi connectivity index (χ1n) is 12.3. The van der Waals surface area contributed by atoms with Crippen molar-refractivity contribution in [3.05, 3.63) is 90.1 Å². The molecule has 192 valence electrons. The average molecular weight is 501 g/mol. The van der Waals surface area contributed by atoms with Gasteiger partial charge < -0.3 is 25.0 Å². The lowest BCUT2D eigenvalue weighted by atomic mass is 9.92. The van der Waals surface area contributed by atoms with Crippen LogP contribution >= 0.6 is 0 Å². The number of benzene rings is 2. The van der Waals surface area contributed by atoms with Gasteiger partial charge in [0.25, 0.3) is 5.91 Å². The summed E-state index contributed by atoms with van der Waals surface area (Å²) in [6.45, 7) is 2.02. The summed E-state index contributed by atoms with van der Waals surface area (Å²) < 4.78 is 11.8. The number of likely N-dealkylation sites (tertiary alicyclic amines) is 1. The predicted molar refractivity (Wildman–Crippen MR) is 142 cm³/mol. The Hall–Kier alpha value is -4.17. The first kappa shape index (κ1) is 25.9. The Morgan fingerprint density at radius 1 is 0.946 bits per heavy atom. The molecule has 0 bridgehead atoms. The topological polar surface area (TPSA) is 98.0 Å². The van der Waals surface area contributed by atoms with E-state index in [1.54, 1.807) is 36.4 Å². The number of nitrogens with zero attached hydrogens (tertiary/aromatic N) is 3. The van der Waals surface area contributed by atoms with Crippen LogP contribution in [0.5, 0.6) is 23.1 Å². The smallest absolute Gasteiger partial charge is 0.254 e. The van der Waals surface area contributed by atoms with Crippen LogP contribution in [0.2, 0.25) is 0 Å². The second-order valence-electron chi connectivity index (χ2n) is 9.21. The van der Waals surface area contributed by atoms with E-state index in [1.807, 2.05) is 66.4 Å². The number of carbonyl (C=O) groups excluding carboxylic acids is 2. The number of nitrogens with two attached hydrogens (primary N) is 1. The van der Waals surface area contributed by atoms with E-state index in [2.05, 4.69) is 4.98 Å². The van der Waals surface area contributed by atoms with Crippen LogP contribution < -0.4 is 15.2 Å². The lowest BCUT2D eigenvalue weighted by Crippen LogP contribution is -2.37. The van der Waals surface area contributed by atoms with Crippen LogP contribution in [-0.4, -0.2) is 60.3 Å². The van der Waals surface area contributed by atoms with Crippen LogP contribution in [0.15, 0.2) is 78.9 Å². The normalized spacial score (nSPS) is 14.2. The molecule has 1 aliphatic rings. The highest BCUT2D eigenvalue weighted by Gasteiger charge is 2.25. The number of pyridine rings is 1. The number of hydrogen-bond donors (Lipinski definition) is 1. The van der Waals surface area contributed by atoms with Gasteiger partial charge in [-0.1, -0.05) is 24.3 Å².